The van der Waals surface area contributed by atoms with Gasteiger partial charge in [0.05, 0.1) is 0 Å². The standard InChI is InChI=1S/C14H21I2N2O3/c1-13-8-4-3-7(5-8)9(13)6-20-12(13)21-11(19)10(15-2)14-16(17-14)18-14/h7-10,12,17-18H,3-6H2,1-2H3/q-1. The molecular formula is C14H21I2N2O3-. The fraction of sp³-hybridized carbons (Fsp3) is 0.929. The number of carbonyl (C=O) groups excluding carboxylic acids is 1. The first-order valence-corrected chi connectivity index (χ1v) is 14.3. The van der Waals surface area contributed by atoms with E-state index in [2.05, 4.69) is 18.9 Å². The van der Waals surface area contributed by atoms with Crippen LogP contribution in [0.25, 0.3) is 0 Å². The second-order valence-corrected chi connectivity index (χ2v) is 14.0. The number of halogens is 2. The van der Waals surface area contributed by atoms with E-state index in [1.807, 2.05) is 0 Å². The van der Waals surface area contributed by atoms with Crippen molar-refractivity contribution >= 4 is 26.3 Å². The predicted octanol–water partition coefficient (Wildman–Crippen LogP) is -1.78. The third-order valence-electron chi connectivity index (χ3n) is 6.34. The van der Waals surface area contributed by atoms with E-state index >= 15 is 0 Å². The van der Waals surface area contributed by atoms with Crippen LogP contribution in [0.4, 0.5) is 0 Å². The van der Waals surface area contributed by atoms with E-state index in [1.165, 1.54) is 19.3 Å². The zero-order chi connectivity index (χ0) is 14.4. The Labute approximate surface area is 143 Å². The van der Waals surface area contributed by atoms with Crippen LogP contribution < -0.4 is 28.3 Å². The Hall–Kier alpha value is 0.810. The van der Waals surface area contributed by atoms with Crippen molar-refractivity contribution < 1.29 is 35.5 Å². The number of hydrogen-bond donors (Lipinski definition) is 2. The number of rotatable bonds is 4. The molecule has 0 amide bonds. The normalized spacial score (nSPS) is 50.7. The van der Waals surface area contributed by atoms with Crippen LogP contribution >= 0.6 is 20.4 Å². The van der Waals surface area contributed by atoms with Gasteiger partial charge in [0.15, 0.2) is 0 Å². The molecule has 0 radical (unpaired) electrons. The first-order valence-electron chi connectivity index (χ1n) is 7.65. The van der Waals surface area contributed by atoms with E-state index in [4.69, 9.17) is 9.47 Å². The topological polar surface area (TPSA) is 79.4 Å². The molecule has 5 nitrogen and oxygen atoms in total. The molecule has 5 rings (SSSR count). The second kappa shape index (κ2) is 4.46. The summed E-state index contributed by atoms with van der Waals surface area (Å²) in [6.07, 6.45) is 3.68. The summed E-state index contributed by atoms with van der Waals surface area (Å²) in [5, 5.41) is 0. The molecule has 0 aromatic rings. The molecule has 0 aromatic carbocycles. The van der Waals surface area contributed by atoms with Crippen molar-refractivity contribution in [1.82, 2.24) is 7.06 Å². The van der Waals surface area contributed by atoms with Gasteiger partial charge in [-0.25, -0.2) is 0 Å². The molecule has 0 aromatic heterocycles. The van der Waals surface area contributed by atoms with Crippen LogP contribution in [0.3, 0.4) is 0 Å². The van der Waals surface area contributed by atoms with Crippen molar-refractivity contribution in [3.05, 3.63) is 0 Å². The molecule has 3 heterocycles. The number of ether oxygens (including phenoxy) is 2. The predicted molar refractivity (Wildman–Crippen MR) is 81.0 cm³/mol. The van der Waals surface area contributed by atoms with E-state index in [0.29, 0.717) is 11.8 Å². The number of alkyl halides is 3. The van der Waals surface area contributed by atoms with E-state index in [0.717, 1.165) is 12.5 Å². The molecule has 5 aliphatic rings. The molecule has 21 heavy (non-hydrogen) atoms. The minimum atomic E-state index is -1.07. The molecule has 2 N–H and O–H groups in total. The fourth-order valence-corrected chi connectivity index (χ4v) is 15.3. The van der Waals surface area contributed by atoms with Gasteiger partial charge in [0.2, 0.25) is 0 Å². The summed E-state index contributed by atoms with van der Waals surface area (Å²) in [6, 6.07) is 0. The van der Waals surface area contributed by atoms with E-state index in [-0.39, 0.29) is 46.5 Å². The molecule has 6 atom stereocenters. The second-order valence-electron chi connectivity index (χ2n) is 7.11. The van der Waals surface area contributed by atoms with Crippen LogP contribution in [0.15, 0.2) is 0 Å². The number of fused-ring (bicyclic) bond motifs is 6. The summed E-state index contributed by atoms with van der Waals surface area (Å²) in [6.45, 7) is 3.10. The van der Waals surface area contributed by atoms with Gasteiger partial charge < -0.3 is 0 Å². The Kier molecular flexibility index (Phi) is 3.01. The van der Waals surface area contributed by atoms with Crippen LogP contribution in [-0.2, 0) is 14.3 Å². The molecule has 120 valence electrons. The molecule has 0 spiro atoms. The average Bonchev–Trinajstić information content (AvgIpc) is 3.09. The zero-order valence-electron chi connectivity index (χ0n) is 12.2. The van der Waals surface area contributed by atoms with E-state index in [1.54, 1.807) is 0 Å². The summed E-state index contributed by atoms with van der Waals surface area (Å²) in [7, 11) is 0. The van der Waals surface area contributed by atoms with Gasteiger partial charge in [-0.2, -0.15) is 0 Å². The van der Waals surface area contributed by atoms with Crippen LogP contribution in [0.1, 0.15) is 26.2 Å². The summed E-state index contributed by atoms with van der Waals surface area (Å²) in [5.41, 5.74) is 0.0824. The minimum absolute atomic E-state index is 0.00255. The Morgan fingerprint density at radius 1 is 1.48 bits per heavy atom. The van der Waals surface area contributed by atoms with Gasteiger partial charge in [0.25, 0.3) is 0 Å². The molecule has 2 saturated carbocycles. The third-order valence-corrected chi connectivity index (χ3v) is 14.8. The van der Waals surface area contributed by atoms with Gasteiger partial charge in [0, 0.05) is 0 Å². The van der Waals surface area contributed by atoms with Crippen LogP contribution in [0.2, 0.25) is 0 Å². The summed E-state index contributed by atoms with van der Waals surface area (Å²) in [4.78, 5) is 14.8. The van der Waals surface area contributed by atoms with Gasteiger partial charge in [-0.05, 0) is 0 Å². The molecule has 7 heteroatoms. The van der Waals surface area contributed by atoms with Gasteiger partial charge >= 0.3 is 144 Å². The fourth-order valence-electron chi connectivity index (χ4n) is 4.97. The third kappa shape index (κ3) is 1.75. The quantitative estimate of drug-likeness (QED) is 0.115. The first kappa shape index (κ1) is 14.2. The average molecular weight is 519 g/mol. The Balaban J connectivity index is 1.33. The van der Waals surface area contributed by atoms with Gasteiger partial charge in [0.1, 0.15) is 0 Å². The Bertz CT molecular complexity index is 512. The van der Waals surface area contributed by atoms with Gasteiger partial charge in [-0.15, -0.1) is 0 Å². The monoisotopic (exact) mass is 519 g/mol. The maximum atomic E-state index is 12.7. The number of hydrogen-bond acceptors (Lipinski definition) is 5. The van der Waals surface area contributed by atoms with Crippen LogP contribution in [-0.4, -0.2) is 31.4 Å². The van der Waals surface area contributed by atoms with Gasteiger partial charge in [-0.3, -0.25) is 0 Å². The number of carbonyl (C=O) groups is 1. The molecule has 5 fully saturated rings. The van der Waals surface area contributed by atoms with E-state index in [9.17, 15) is 4.79 Å². The molecule has 2 aliphatic carbocycles. The first-order chi connectivity index (χ1) is 10.1. The molecule has 3 saturated heterocycles. The van der Waals surface area contributed by atoms with Crippen LogP contribution in [0, 0.1) is 23.2 Å². The van der Waals surface area contributed by atoms with Crippen molar-refractivity contribution in [2.24, 2.45) is 23.2 Å². The number of nitrogens with one attached hydrogen (secondary N) is 2. The van der Waals surface area contributed by atoms with Crippen molar-refractivity contribution in [2.45, 2.75) is 40.1 Å². The van der Waals surface area contributed by atoms with E-state index < -0.39 is 20.4 Å². The van der Waals surface area contributed by atoms with Crippen molar-refractivity contribution in [2.75, 3.05) is 11.5 Å². The molecular weight excluding hydrogens is 498 g/mol. The summed E-state index contributed by atoms with van der Waals surface area (Å²) >= 11 is -1.23. The SMILES string of the molecule is C[I-]C(C(=O)OC1OCC2C3CCC(C3)C12C)C12NI1N2. The van der Waals surface area contributed by atoms with Gasteiger partial charge in [-0.1, -0.05) is 0 Å². The molecule has 6 unspecified atom stereocenters. The summed E-state index contributed by atoms with van der Waals surface area (Å²) < 4.78 is 19.0. The van der Waals surface area contributed by atoms with Crippen molar-refractivity contribution in [3.63, 3.8) is 0 Å². The number of esters is 1. The molecule has 2 bridgehead atoms. The van der Waals surface area contributed by atoms with Crippen LogP contribution in [0.5, 0.6) is 0 Å². The Morgan fingerprint density at radius 3 is 2.90 bits per heavy atom. The maximum absolute atomic E-state index is 12.7. The van der Waals surface area contributed by atoms with Crippen molar-refractivity contribution in [1.29, 1.82) is 0 Å². The summed E-state index contributed by atoms with van der Waals surface area (Å²) in [5.74, 6) is 2.12. The molecule has 3 aliphatic heterocycles. The zero-order valence-corrected chi connectivity index (χ0v) is 16.5. The van der Waals surface area contributed by atoms with Crippen molar-refractivity contribution in [3.8, 4) is 0 Å². The Morgan fingerprint density at radius 2 is 2.24 bits per heavy atom.